The first-order valence-corrected chi connectivity index (χ1v) is 9.10. The Bertz CT molecular complexity index is 613. The lowest BCUT2D eigenvalue weighted by atomic mass is 10.3. The van der Waals surface area contributed by atoms with Crippen molar-refractivity contribution in [2.45, 2.75) is 20.3 Å². The van der Waals surface area contributed by atoms with Gasteiger partial charge >= 0.3 is 12.1 Å². The van der Waals surface area contributed by atoms with Gasteiger partial charge < -0.3 is 19.9 Å². The van der Waals surface area contributed by atoms with E-state index in [-0.39, 0.29) is 24.5 Å². The number of carbonyl (C=O) groups is 3. The predicted octanol–water partition coefficient (Wildman–Crippen LogP) is 1.13. The van der Waals surface area contributed by atoms with Crippen LogP contribution in [-0.4, -0.2) is 72.1 Å². The molecule has 0 saturated carbocycles. The van der Waals surface area contributed by atoms with Crippen LogP contribution in [0.1, 0.15) is 19.5 Å². The number of likely N-dealkylation sites (N-methyl/N-ethyl adjacent to an activating group) is 1. The number of anilines is 1. The number of hydrogen-bond donors (Lipinski definition) is 2. The molecular formula is C15H23N5O4S. The van der Waals surface area contributed by atoms with Crippen molar-refractivity contribution in [1.82, 2.24) is 20.1 Å². The van der Waals surface area contributed by atoms with Crippen molar-refractivity contribution in [3.05, 3.63) is 11.1 Å². The summed E-state index contributed by atoms with van der Waals surface area (Å²) >= 11 is 1.28. The molecule has 2 heterocycles. The number of nitrogens with zero attached hydrogens (tertiary/aromatic N) is 3. The number of amides is 4. The number of hydrogen-bond acceptors (Lipinski definition) is 6. The highest BCUT2D eigenvalue weighted by atomic mass is 32.1. The summed E-state index contributed by atoms with van der Waals surface area (Å²) in [4.78, 5) is 42.9. The zero-order chi connectivity index (χ0) is 18.2. The molecule has 0 aliphatic carbocycles. The fourth-order valence-corrected chi connectivity index (χ4v) is 3.05. The minimum atomic E-state index is -0.350. The molecule has 1 aliphatic heterocycles. The van der Waals surface area contributed by atoms with Crippen LogP contribution >= 0.6 is 11.3 Å². The molecule has 2 rings (SSSR count). The van der Waals surface area contributed by atoms with E-state index in [1.54, 1.807) is 22.1 Å². The first kappa shape index (κ1) is 19.0. The highest BCUT2D eigenvalue weighted by Crippen LogP contribution is 2.17. The third kappa shape index (κ3) is 5.59. The van der Waals surface area contributed by atoms with E-state index in [1.165, 1.54) is 11.3 Å². The molecule has 1 aromatic heterocycles. The van der Waals surface area contributed by atoms with E-state index in [9.17, 15) is 14.4 Å². The fraction of sp³-hybridized carbons (Fsp3) is 0.600. The van der Waals surface area contributed by atoms with Gasteiger partial charge in [-0.2, -0.15) is 0 Å². The molecule has 0 radical (unpaired) electrons. The third-order valence-electron chi connectivity index (χ3n) is 3.57. The second-order valence-electron chi connectivity index (χ2n) is 5.38. The van der Waals surface area contributed by atoms with E-state index in [4.69, 9.17) is 4.74 Å². The number of rotatable bonds is 5. The maximum atomic E-state index is 12.3. The Balaban J connectivity index is 1.80. The minimum absolute atomic E-state index is 0.0965. The van der Waals surface area contributed by atoms with E-state index in [0.717, 1.165) is 0 Å². The minimum Gasteiger partial charge on any atom is -0.450 e. The van der Waals surface area contributed by atoms with Crippen LogP contribution in [0.2, 0.25) is 0 Å². The van der Waals surface area contributed by atoms with E-state index < -0.39 is 0 Å². The molecule has 0 unspecified atom stereocenters. The molecule has 0 atom stereocenters. The summed E-state index contributed by atoms with van der Waals surface area (Å²) in [6.45, 7) is 6.26. The summed E-state index contributed by atoms with van der Waals surface area (Å²) in [5, 5.41) is 7.65. The first-order chi connectivity index (χ1) is 12.0. The van der Waals surface area contributed by atoms with Crippen molar-refractivity contribution in [3.8, 4) is 0 Å². The molecule has 4 amide bonds. The molecule has 138 valence electrons. The molecule has 1 fully saturated rings. The first-order valence-electron chi connectivity index (χ1n) is 8.22. The Morgan fingerprint density at radius 3 is 2.52 bits per heavy atom. The second kappa shape index (κ2) is 9.21. The summed E-state index contributed by atoms with van der Waals surface area (Å²) in [5.41, 5.74) is 0.624. The van der Waals surface area contributed by atoms with Gasteiger partial charge in [0.15, 0.2) is 5.13 Å². The summed E-state index contributed by atoms with van der Waals surface area (Å²) in [6, 6.07) is -0.262. The number of thiazole rings is 1. The normalized spacial score (nSPS) is 14.2. The molecule has 0 bridgehead atoms. The lowest BCUT2D eigenvalue weighted by Gasteiger charge is -2.33. The van der Waals surface area contributed by atoms with E-state index in [2.05, 4.69) is 15.6 Å². The quantitative estimate of drug-likeness (QED) is 0.810. The summed E-state index contributed by atoms with van der Waals surface area (Å²) in [5.74, 6) is -0.0965. The van der Waals surface area contributed by atoms with Crippen molar-refractivity contribution < 1.29 is 19.1 Å². The van der Waals surface area contributed by atoms with Crippen LogP contribution in [0.4, 0.5) is 14.7 Å². The molecule has 25 heavy (non-hydrogen) atoms. The number of piperazine rings is 1. The third-order valence-corrected chi connectivity index (χ3v) is 4.38. The fourth-order valence-electron chi connectivity index (χ4n) is 2.35. The maximum absolute atomic E-state index is 12.3. The monoisotopic (exact) mass is 369 g/mol. The Morgan fingerprint density at radius 2 is 1.88 bits per heavy atom. The average Bonchev–Trinajstić information content (AvgIpc) is 3.02. The molecule has 1 aliphatic rings. The van der Waals surface area contributed by atoms with Crippen molar-refractivity contribution in [2.24, 2.45) is 0 Å². The maximum Gasteiger partial charge on any atom is 0.409 e. The molecule has 2 N–H and O–H groups in total. The van der Waals surface area contributed by atoms with Crippen LogP contribution in [0.25, 0.3) is 0 Å². The summed E-state index contributed by atoms with van der Waals surface area (Å²) in [7, 11) is 0. The number of aromatic nitrogens is 1. The van der Waals surface area contributed by atoms with Crippen LogP contribution in [0.15, 0.2) is 5.38 Å². The number of carbonyl (C=O) groups excluding carboxylic acids is 3. The van der Waals surface area contributed by atoms with Crippen molar-refractivity contribution in [3.63, 3.8) is 0 Å². The van der Waals surface area contributed by atoms with Crippen LogP contribution in [0, 0.1) is 0 Å². The smallest absolute Gasteiger partial charge is 0.409 e. The Labute approximate surface area is 150 Å². The van der Waals surface area contributed by atoms with Gasteiger partial charge in [0.2, 0.25) is 5.91 Å². The van der Waals surface area contributed by atoms with Gasteiger partial charge in [-0.3, -0.25) is 10.1 Å². The van der Waals surface area contributed by atoms with Gasteiger partial charge in [-0.25, -0.2) is 14.6 Å². The standard InChI is InChI=1S/C15H23N5O4S/c1-3-16-12(21)9-11-10-25-13(17-11)18-14(22)19-5-7-20(8-6-19)15(23)24-4-2/h10H,3-9H2,1-2H3,(H,16,21)(H,17,18,22). The van der Waals surface area contributed by atoms with Crippen LogP contribution in [-0.2, 0) is 16.0 Å². The average molecular weight is 369 g/mol. The number of urea groups is 1. The largest absolute Gasteiger partial charge is 0.450 e. The molecular weight excluding hydrogens is 346 g/mol. The Hall–Kier alpha value is -2.36. The van der Waals surface area contributed by atoms with Crippen molar-refractivity contribution in [2.75, 3.05) is 44.6 Å². The van der Waals surface area contributed by atoms with Gasteiger partial charge in [0.25, 0.3) is 0 Å². The summed E-state index contributed by atoms with van der Waals surface area (Å²) in [6.07, 6.45) is -0.157. The van der Waals surface area contributed by atoms with Gasteiger partial charge in [0, 0.05) is 38.1 Å². The van der Waals surface area contributed by atoms with Gasteiger partial charge in [-0.05, 0) is 13.8 Å². The second-order valence-corrected chi connectivity index (χ2v) is 6.24. The highest BCUT2D eigenvalue weighted by molar-refractivity contribution is 7.13. The van der Waals surface area contributed by atoms with E-state index in [1.807, 2.05) is 6.92 Å². The van der Waals surface area contributed by atoms with Gasteiger partial charge in [-0.15, -0.1) is 11.3 Å². The van der Waals surface area contributed by atoms with E-state index >= 15 is 0 Å². The van der Waals surface area contributed by atoms with Crippen molar-refractivity contribution >= 4 is 34.5 Å². The van der Waals surface area contributed by atoms with Crippen LogP contribution < -0.4 is 10.6 Å². The highest BCUT2D eigenvalue weighted by Gasteiger charge is 2.25. The lowest BCUT2D eigenvalue weighted by molar-refractivity contribution is -0.120. The molecule has 0 aromatic carbocycles. The molecule has 0 spiro atoms. The van der Waals surface area contributed by atoms with Gasteiger partial charge in [-0.1, -0.05) is 0 Å². The van der Waals surface area contributed by atoms with Crippen LogP contribution in [0.5, 0.6) is 0 Å². The lowest BCUT2D eigenvalue weighted by Crippen LogP contribution is -2.51. The SMILES string of the molecule is CCNC(=O)Cc1csc(NC(=O)N2CCN(C(=O)OCC)CC2)n1. The Kier molecular flexibility index (Phi) is 6.99. The topological polar surface area (TPSA) is 104 Å². The predicted molar refractivity (Wildman–Crippen MR) is 93.7 cm³/mol. The number of ether oxygens (including phenoxy) is 1. The van der Waals surface area contributed by atoms with E-state index in [0.29, 0.717) is 50.2 Å². The Morgan fingerprint density at radius 1 is 1.20 bits per heavy atom. The molecule has 10 heteroatoms. The molecule has 1 aromatic rings. The summed E-state index contributed by atoms with van der Waals surface area (Å²) < 4.78 is 4.95. The van der Waals surface area contributed by atoms with Gasteiger partial charge in [0.05, 0.1) is 18.7 Å². The van der Waals surface area contributed by atoms with Crippen molar-refractivity contribution in [1.29, 1.82) is 0 Å². The molecule has 9 nitrogen and oxygen atoms in total. The van der Waals surface area contributed by atoms with Gasteiger partial charge in [0.1, 0.15) is 0 Å². The zero-order valence-corrected chi connectivity index (χ0v) is 15.2. The van der Waals surface area contributed by atoms with Crippen LogP contribution in [0.3, 0.4) is 0 Å². The zero-order valence-electron chi connectivity index (χ0n) is 14.4. The molecule has 1 saturated heterocycles. The number of nitrogens with one attached hydrogen (secondary N) is 2.